The molecule has 0 unspecified atom stereocenters. The number of carbonyl (C=O) groups excluding carboxylic acids is 1. The lowest BCUT2D eigenvalue weighted by molar-refractivity contribution is -0.113. The van der Waals surface area contributed by atoms with Gasteiger partial charge in [0, 0.05) is 17.1 Å². The zero-order valence-corrected chi connectivity index (χ0v) is 19.3. The topological polar surface area (TPSA) is 82.5 Å². The highest BCUT2D eigenvalue weighted by molar-refractivity contribution is 9.10. The molecule has 7 nitrogen and oxygen atoms in total. The molecule has 0 saturated heterocycles. The highest BCUT2D eigenvalue weighted by Gasteiger charge is 2.15. The molecule has 0 spiro atoms. The molecule has 30 heavy (non-hydrogen) atoms. The monoisotopic (exact) mass is 491 g/mol. The van der Waals surface area contributed by atoms with Crippen molar-refractivity contribution < 1.29 is 14.3 Å². The van der Waals surface area contributed by atoms with E-state index in [1.165, 1.54) is 18.9 Å². The van der Waals surface area contributed by atoms with Gasteiger partial charge in [-0.1, -0.05) is 34.6 Å². The fraction of sp³-hybridized carbons (Fsp3) is 0.286. The molecule has 0 radical (unpaired) electrons. The lowest BCUT2D eigenvalue weighted by Crippen LogP contribution is -2.24. The Labute approximate surface area is 186 Å². The van der Waals surface area contributed by atoms with Gasteiger partial charge in [-0.15, -0.1) is 0 Å². The molecule has 0 aliphatic heterocycles. The van der Waals surface area contributed by atoms with Gasteiger partial charge in [-0.2, -0.15) is 0 Å². The second-order valence-electron chi connectivity index (χ2n) is 6.42. The average Bonchev–Trinajstić information content (AvgIpc) is 2.75. The molecular weight excluding hydrogens is 470 g/mol. The minimum absolute atomic E-state index is 0.0958. The Morgan fingerprint density at radius 2 is 2.00 bits per heavy atom. The van der Waals surface area contributed by atoms with E-state index in [4.69, 9.17) is 9.47 Å². The van der Waals surface area contributed by atoms with Crippen molar-refractivity contribution in [1.82, 2.24) is 9.55 Å². The Morgan fingerprint density at radius 3 is 2.70 bits per heavy atom. The van der Waals surface area contributed by atoms with Crippen molar-refractivity contribution in [3.05, 3.63) is 51.2 Å². The summed E-state index contributed by atoms with van der Waals surface area (Å²) in [4.78, 5) is 30.1. The van der Waals surface area contributed by atoms with Crippen molar-refractivity contribution in [3.63, 3.8) is 0 Å². The summed E-state index contributed by atoms with van der Waals surface area (Å²) in [6.45, 7) is 2.52. The van der Waals surface area contributed by atoms with Crippen LogP contribution in [0.25, 0.3) is 10.9 Å². The molecule has 0 atom stereocenters. The molecular formula is C21H22BrN3O4S. The number of hydrogen-bond acceptors (Lipinski definition) is 6. The molecule has 1 heterocycles. The number of nitrogens with zero attached hydrogens (tertiary/aromatic N) is 2. The normalized spacial score (nSPS) is 10.8. The first-order valence-electron chi connectivity index (χ1n) is 9.31. The molecule has 0 saturated carbocycles. The Morgan fingerprint density at radius 1 is 1.20 bits per heavy atom. The Balaban J connectivity index is 1.83. The Bertz CT molecular complexity index is 1130. The van der Waals surface area contributed by atoms with E-state index in [0.717, 1.165) is 10.9 Å². The van der Waals surface area contributed by atoms with E-state index < -0.39 is 0 Å². The number of benzene rings is 2. The van der Waals surface area contributed by atoms with Crippen molar-refractivity contribution in [2.24, 2.45) is 0 Å². The fourth-order valence-electron chi connectivity index (χ4n) is 2.93. The number of nitrogens with one attached hydrogen (secondary N) is 1. The SMILES string of the molecule is CCCn1c(SCC(=O)Nc2cc(OC)ccc2OC)nc2ccc(Br)cc2c1=O. The van der Waals surface area contributed by atoms with Crippen molar-refractivity contribution >= 4 is 50.2 Å². The van der Waals surface area contributed by atoms with Crippen LogP contribution in [-0.4, -0.2) is 35.4 Å². The van der Waals surface area contributed by atoms with Gasteiger partial charge in [0.15, 0.2) is 5.16 Å². The molecule has 1 N–H and O–H groups in total. The van der Waals surface area contributed by atoms with Crippen LogP contribution >= 0.6 is 27.7 Å². The molecule has 0 aliphatic carbocycles. The third-order valence-electron chi connectivity index (χ3n) is 4.34. The average molecular weight is 492 g/mol. The second-order valence-corrected chi connectivity index (χ2v) is 8.27. The van der Waals surface area contributed by atoms with Gasteiger partial charge < -0.3 is 14.8 Å². The largest absolute Gasteiger partial charge is 0.497 e. The molecule has 0 fully saturated rings. The first kappa shape index (κ1) is 22.2. The lowest BCUT2D eigenvalue weighted by atomic mass is 10.2. The highest BCUT2D eigenvalue weighted by Crippen LogP contribution is 2.29. The van der Waals surface area contributed by atoms with Gasteiger partial charge in [-0.05, 0) is 36.8 Å². The summed E-state index contributed by atoms with van der Waals surface area (Å²) in [5.41, 5.74) is 1.01. The molecule has 0 aliphatic rings. The van der Waals surface area contributed by atoms with Crippen LogP contribution in [-0.2, 0) is 11.3 Å². The van der Waals surface area contributed by atoms with Gasteiger partial charge in [0.05, 0.1) is 36.6 Å². The summed E-state index contributed by atoms with van der Waals surface area (Å²) in [6.07, 6.45) is 0.780. The van der Waals surface area contributed by atoms with Crippen LogP contribution in [0.2, 0.25) is 0 Å². The maximum Gasteiger partial charge on any atom is 0.262 e. The van der Waals surface area contributed by atoms with Crippen LogP contribution in [0.15, 0.2) is 50.8 Å². The summed E-state index contributed by atoms with van der Waals surface area (Å²) in [5.74, 6) is 1.00. The maximum absolute atomic E-state index is 12.9. The van der Waals surface area contributed by atoms with Gasteiger partial charge in [0.1, 0.15) is 11.5 Å². The number of ether oxygens (including phenoxy) is 2. The van der Waals surface area contributed by atoms with Crippen LogP contribution in [0.3, 0.4) is 0 Å². The predicted octanol–water partition coefficient (Wildman–Crippen LogP) is 4.32. The van der Waals surface area contributed by atoms with Gasteiger partial charge in [-0.3, -0.25) is 14.2 Å². The number of halogens is 1. The first-order chi connectivity index (χ1) is 14.5. The fourth-order valence-corrected chi connectivity index (χ4v) is 4.12. The summed E-state index contributed by atoms with van der Waals surface area (Å²) < 4.78 is 12.9. The van der Waals surface area contributed by atoms with Crippen LogP contribution in [0.1, 0.15) is 13.3 Å². The number of aromatic nitrogens is 2. The zero-order chi connectivity index (χ0) is 21.7. The number of methoxy groups -OCH3 is 2. The number of fused-ring (bicyclic) bond motifs is 1. The van der Waals surface area contributed by atoms with E-state index in [-0.39, 0.29) is 17.2 Å². The molecule has 9 heteroatoms. The third kappa shape index (κ3) is 4.96. The smallest absolute Gasteiger partial charge is 0.262 e. The van der Waals surface area contributed by atoms with Crippen molar-refractivity contribution in [2.75, 3.05) is 25.3 Å². The minimum Gasteiger partial charge on any atom is -0.497 e. The van der Waals surface area contributed by atoms with E-state index in [1.807, 2.05) is 13.0 Å². The van der Waals surface area contributed by atoms with Crippen LogP contribution in [0.5, 0.6) is 11.5 Å². The quantitative estimate of drug-likeness (QED) is 0.373. The van der Waals surface area contributed by atoms with Crippen molar-refractivity contribution in [1.29, 1.82) is 0 Å². The van der Waals surface area contributed by atoms with Crippen LogP contribution in [0, 0.1) is 0 Å². The number of carbonyl (C=O) groups is 1. The lowest BCUT2D eigenvalue weighted by Gasteiger charge is -2.13. The summed E-state index contributed by atoms with van der Waals surface area (Å²) in [7, 11) is 3.09. The Kier molecular flexibility index (Phi) is 7.38. The standard InChI is InChI=1S/C21H22BrN3O4S/c1-4-9-25-20(27)15-10-13(22)5-7-16(15)24-21(25)30-12-19(26)23-17-11-14(28-2)6-8-18(17)29-3/h5-8,10-11H,4,9,12H2,1-3H3,(H,23,26). The first-order valence-corrected chi connectivity index (χ1v) is 11.1. The molecule has 158 valence electrons. The number of anilines is 1. The molecule has 1 aromatic heterocycles. The van der Waals surface area contributed by atoms with Crippen molar-refractivity contribution in [3.8, 4) is 11.5 Å². The number of thioether (sulfide) groups is 1. The molecule has 2 aromatic carbocycles. The van der Waals surface area contributed by atoms with E-state index in [9.17, 15) is 9.59 Å². The molecule has 3 aromatic rings. The van der Waals surface area contributed by atoms with Crippen LogP contribution in [0.4, 0.5) is 5.69 Å². The summed E-state index contributed by atoms with van der Waals surface area (Å²) in [5, 5.41) is 3.90. The minimum atomic E-state index is -0.236. The van der Waals surface area contributed by atoms with Gasteiger partial charge in [0.2, 0.25) is 5.91 Å². The number of rotatable bonds is 8. The number of amides is 1. The van der Waals surface area contributed by atoms with Gasteiger partial charge >= 0.3 is 0 Å². The van der Waals surface area contributed by atoms with E-state index in [1.54, 1.807) is 42.0 Å². The van der Waals surface area contributed by atoms with Crippen molar-refractivity contribution in [2.45, 2.75) is 25.0 Å². The van der Waals surface area contributed by atoms with E-state index >= 15 is 0 Å². The Hall–Kier alpha value is -2.52. The summed E-state index contributed by atoms with van der Waals surface area (Å²) in [6, 6.07) is 10.6. The van der Waals surface area contributed by atoms with Crippen LogP contribution < -0.4 is 20.3 Å². The maximum atomic E-state index is 12.9. The highest BCUT2D eigenvalue weighted by atomic mass is 79.9. The molecule has 1 amide bonds. The molecule has 0 bridgehead atoms. The van der Waals surface area contributed by atoms with E-state index in [0.29, 0.717) is 39.8 Å². The summed E-state index contributed by atoms with van der Waals surface area (Å²) >= 11 is 4.63. The molecule has 3 rings (SSSR count). The third-order valence-corrected chi connectivity index (χ3v) is 5.81. The number of hydrogen-bond donors (Lipinski definition) is 1. The van der Waals surface area contributed by atoms with Gasteiger partial charge in [0.25, 0.3) is 5.56 Å². The second kappa shape index (κ2) is 9.99. The van der Waals surface area contributed by atoms with Gasteiger partial charge in [-0.25, -0.2) is 4.98 Å². The predicted molar refractivity (Wildman–Crippen MR) is 123 cm³/mol. The van der Waals surface area contributed by atoms with E-state index in [2.05, 4.69) is 26.2 Å². The zero-order valence-electron chi connectivity index (χ0n) is 16.9.